The summed E-state index contributed by atoms with van der Waals surface area (Å²) < 4.78 is 38.1. The van der Waals surface area contributed by atoms with Gasteiger partial charge in [-0.05, 0) is 11.6 Å². The molecule has 0 aliphatic rings. The number of nitrogens with zero attached hydrogens (tertiary/aromatic N) is 2. The minimum Gasteiger partial charge on any atom is -0.268 e. The number of benzene rings is 1. The van der Waals surface area contributed by atoms with Crippen LogP contribution in [-0.4, -0.2) is 9.78 Å². The molecule has 0 atom stereocenters. The van der Waals surface area contributed by atoms with Crippen molar-refractivity contribution < 1.29 is 13.2 Å². The van der Waals surface area contributed by atoms with E-state index in [1.165, 1.54) is 10.9 Å². The monoisotopic (exact) mass is 252 g/mol. The summed E-state index contributed by atoms with van der Waals surface area (Å²) in [6.45, 7) is 0.310. The summed E-state index contributed by atoms with van der Waals surface area (Å²) in [7, 11) is 0. The molecule has 0 saturated heterocycles. The standard InChI is InChI=1S/C13H11F3N2/c14-13(15,16)12-8-10-18(17-12)9-4-7-11-5-2-1-3-6-11/h1-8,10H,9H2/b7-4-. The maximum absolute atomic E-state index is 12.3. The van der Waals surface area contributed by atoms with E-state index in [2.05, 4.69) is 5.10 Å². The smallest absolute Gasteiger partial charge is 0.268 e. The molecule has 2 rings (SSSR count). The fourth-order valence-corrected chi connectivity index (χ4v) is 1.48. The lowest BCUT2D eigenvalue weighted by atomic mass is 10.2. The maximum Gasteiger partial charge on any atom is 0.435 e. The largest absolute Gasteiger partial charge is 0.435 e. The van der Waals surface area contributed by atoms with Crippen LogP contribution in [0.4, 0.5) is 13.2 Å². The first kappa shape index (κ1) is 12.4. The van der Waals surface area contributed by atoms with Crippen LogP contribution >= 0.6 is 0 Å². The van der Waals surface area contributed by atoms with Gasteiger partial charge in [0.15, 0.2) is 5.69 Å². The highest BCUT2D eigenvalue weighted by Crippen LogP contribution is 2.27. The zero-order chi connectivity index (χ0) is 13.0. The molecule has 0 amide bonds. The lowest BCUT2D eigenvalue weighted by Crippen LogP contribution is -2.07. The number of hydrogen-bond acceptors (Lipinski definition) is 1. The molecule has 0 radical (unpaired) electrons. The van der Waals surface area contributed by atoms with E-state index < -0.39 is 11.9 Å². The van der Waals surface area contributed by atoms with Crippen LogP contribution in [0, 0.1) is 0 Å². The third-order valence-corrected chi connectivity index (χ3v) is 2.33. The van der Waals surface area contributed by atoms with Crippen LogP contribution < -0.4 is 0 Å². The van der Waals surface area contributed by atoms with Crippen molar-refractivity contribution in [2.75, 3.05) is 0 Å². The van der Waals surface area contributed by atoms with E-state index >= 15 is 0 Å². The second kappa shape index (κ2) is 5.08. The molecule has 0 saturated carbocycles. The summed E-state index contributed by atoms with van der Waals surface area (Å²) in [5, 5.41) is 3.45. The van der Waals surface area contributed by atoms with E-state index in [-0.39, 0.29) is 0 Å². The lowest BCUT2D eigenvalue weighted by molar-refractivity contribution is -0.141. The van der Waals surface area contributed by atoms with Gasteiger partial charge in [-0.1, -0.05) is 42.5 Å². The fraction of sp³-hybridized carbons (Fsp3) is 0.154. The highest BCUT2D eigenvalue weighted by atomic mass is 19.4. The quantitative estimate of drug-likeness (QED) is 0.815. The molecule has 5 heteroatoms. The highest BCUT2D eigenvalue weighted by molar-refractivity contribution is 5.48. The van der Waals surface area contributed by atoms with Crippen molar-refractivity contribution >= 4 is 6.08 Å². The molecule has 1 heterocycles. The first-order valence-electron chi connectivity index (χ1n) is 5.38. The Hall–Kier alpha value is -2.04. The Bertz CT molecular complexity index is 527. The van der Waals surface area contributed by atoms with E-state index in [0.717, 1.165) is 11.6 Å². The number of hydrogen-bond donors (Lipinski definition) is 0. The molecule has 0 aliphatic carbocycles. The van der Waals surface area contributed by atoms with Crippen molar-refractivity contribution in [3.05, 3.63) is 59.9 Å². The fourth-order valence-electron chi connectivity index (χ4n) is 1.48. The molecule has 1 aromatic carbocycles. The molecule has 0 N–H and O–H groups in total. The Morgan fingerprint density at radius 2 is 1.83 bits per heavy atom. The highest BCUT2D eigenvalue weighted by Gasteiger charge is 2.33. The Morgan fingerprint density at radius 1 is 1.11 bits per heavy atom. The molecule has 0 bridgehead atoms. The minimum atomic E-state index is -4.38. The zero-order valence-corrected chi connectivity index (χ0v) is 9.43. The minimum absolute atomic E-state index is 0.310. The van der Waals surface area contributed by atoms with Gasteiger partial charge in [0.2, 0.25) is 0 Å². The third kappa shape index (κ3) is 3.23. The predicted molar refractivity (Wildman–Crippen MR) is 62.7 cm³/mol. The van der Waals surface area contributed by atoms with Gasteiger partial charge in [0.1, 0.15) is 0 Å². The molecule has 2 nitrogen and oxygen atoms in total. The van der Waals surface area contributed by atoms with Crippen molar-refractivity contribution in [2.45, 2.75) is 12.7 Å². The van der Waals surface area contributed by atoms with Crippen LogP contribution in [0.2, 0.25) is 0 Å². The average Bonchev–Trinajstić information content (AvgIpc) is 2.79. The van der Waals surface area contributed by atoms with Crippen LogP contribution in [0.3, 0.4) is 0 Å². The summed E-state index contributed by atoms with van der Waals surface area (Å²) in [5.74, 6) is 0. The van der Waals surface area contributed by atoms with E-state index in [0.29, 0.717) is 6.54 Å². The molecule has 0 fully saturated rings. The average molecular weight is 252 g/mol. The second-order valence-electron chi connectivity index (χ2n) is 3.73. The Labute approximate surface area is 102 Å². The molecule has 18 heavy (non-hydrogen) atoms. The van der Waals surface area contributed by atoms with Crippen LogP contribution in [0.1, 0.15) is 11.3 Å². The van der Waals surface area contributed by atoms with Gasteiger partial charge in [-0.3, -0.25) is 4.68 Å². The SMILES string of the molecule is FC(F)(F)c1ccn(C/C=C\c2ccccc2)n1. The van der Waals surface area contributed by atoms with E-state index in [4.69, 9.17) is 0 Å². The molecule has 0 unspecified atom stereocenters. The summed E-state index contributed by atoms with van der Waals surface area (Å²) in [6.07, 6.45) is 0.546. The van der Waals surface area contributed by atoms with Crippen LogP contribution in [0.5, 0.6) is 0 Å². The maximum atomic E-state index is 12.3. The summed E-state index contributed by atoms with van der Waals surface area (Å²) in [4.78, 5) is 0. The lowest BCUT2D eigenvalue weighted by Gasteiger charge is -2.00. The van der Waals surface area contributed by atoms with Gasteiger partial charge in [-0.25, -0.2) is 0 Å². The van der Waals surface area contributed by atoms with Gasteiger partial charge in [0.25, 0.3) is 0 Å². The predicted octanol–water partition coefficient (Wildman–Crippen LogP) is 3.62. The number of halogens is 3. The Balaban J connectivity index is 1.99. The van der Waals surface area contributed by atoms with Gasteiger partial charge < -0.3 is 0 Å². The van der Waals surface area contributed by atoms with Crippen LogP contribution in [-0.2, 0) is 12.7 Å². The van der Waals surface area contributed by atoms with E-state index in [1.807, 2.05) is 36.4 Å². The number of allylic oxidation sites excluding steroid dienone is 1. The van der Waals surface area contributed by atoms with E-state index in [1.54, 1.807) is 6.08 Å². The first-order valence-corrected chi connectivity index (χ1v) is 5.38. The Kier molecular flexibility index (Phi) is 3.50. The van der Waals surface area contributed by atoms with Gasteiger partial charge in [-0.2, -0.15) is 18.3 Å². The molecule has 94 valence electrons. The number of alkyl halides is 3. The summed E-state index contributed by atoms with van der Waals surface area (Å²) >= 11 is 0. The van der Waals surface area contributed by atoms with Crippen LogP contribution in [0.15, 0.2) is 48.7 Å². The van der Waals surface area contributed by atoms with E-state index in [9.17, 15) is 13.2 Å². The number of aromatic nitrogens is 2. The molecule has 0 aliphatic heterocycles. The second-order valence-corrected chi connectivity index (χ2v) is 3.73. The molecule has 2 aromatic rings. The third-order valence-electron chi connectivity index (χ3n) is 2.33. The summed E-state index contributed by atoms with van der Waals surface area (Å²) in [6, 6.07) is 10.5. The van der Waals surface area contributed by atoms with Crippen molar-refractivity contribution in [2.24, 2.45) is 0 Å². The first-order chi connectivity index (χ1) is 8.55. The van der Waals surface area contributed by atoms with Crippen molar-refractivity contribution in [1.29, 1.82) is 0 Å². The van der Waals surface area contributed by atoms with Crippen molar-refractivity contribution in [3.8, 4) is 0 Å². The van der Waals surface area contributed by atoms with Gasteiger partial charge in [0, 0.05) is 6.20 Å². The summed E-state index contributed by atoms with van der Waals surface area (Å²) in [5.41, 5.74) is 0.135. The van der Waals surface area contributed by atoms with Gasteiger partial charge >= 0.3 is 6.18 Å². The van der Waals surface area contributed by atoms with Gasteiger partial charge in [-0.15, -0.1) is 0 Å². The molecule has 1 aromatic heterocycles. The van der Waals surface area contributed by atoms with Gasteiger partial charge in [0.05, 0.1) is 6.54 Å². The normalized spacial score (nSPS) is 12.2. The number of rotatable bonds is 3. The topological polar surface area (TPSA) is 17.8 Å². The molecule has 0 spiro atoms. The molecular weight excluding hydrogens is 241 g/mol. The van der Waals surface area contributed by atoms with Crippen molar-refractivity contribution in [1.82, 2.24) is 9.78 Å². The molecular formula is C13H11F3N2. The Morgan fingerprint density at radius 3 is 2.44 bits per heavy atom. The van der Waals surface area contributed by atoms with Crippen LogP contribution in [0.25, 0.3) is 6.08 Å². The zero-order valence-electron chi connectivity index (χ0n) is 9.43. The van der Waals surface area contributed by atoms with Crippen molar-refractivity contribution in [3.63, 3.8) is 0 Å².